The molecule has 1 saturated carbocycles. The monoisotopic (exact) mass is 312 g/mol. The molecule has 1 aromatic carbocycles. The molecule has 0 bridgehead atoms. The average Bonchev–Trinajstić information content (AvgIpc) is 3.21. The van der Waals surface area contributed by atoms with Gasteiger partial charge in [0.1, 0.15) is 0 Å². The third kappa shape index (κ3) is 3.11. The molecule has 20 heavy (non-hydrogen) atoms. The molecule has 0 radical (unpaired) electrons. The Hall–Kier alpha value is -0.770. The van der Waals surface area contributed by atoms with Crippen LogP contribution < -0.4 is 5.32 Å². The van der Waals surface area contributed by atoms with Crippen LogP contribution in [0.15, 0.2) is 18.2 Å². The number of benzene rings is 1. The van der Waals surface area contributed by atoms with Crippen molar-refractivity contribution in [2.24, 2.45) is 5.92 Å². The minimum atomic E-state index is 0.114. The molecule has 2 fully saturated rings. The Morgan fingerprint density at radius 2 is 1.90 bits per heavy atom. The highest BCUT2D eigenvalue weighted by Gasteiger charge is 2.45. The zero-order valence-electron chi connectivity index (χ0n) is 11.2. The van der Waals surface area contributed by atoms with Crippen LogP contribution in [0.3, 0.4) is 0 Å². The second-order valence-electron chi connectivity index (χ2n) is 5.58. The van der Waals surface area contributed by atoms with Crippen LogP contribution in [0.4, 0.5) is 0 Å². The number of carbonyl (C=O) groups excluding carboxylic acids is 1. The minimum Gasteiger partial charge on any atom is -0.341 e. The Bertz CT molecular complexity index is 492. The molecule has 2 unspecified atom stereocenters. The van der Waals surface area contributed by atoms with E-state index in [1.165, 1.54) is 0 Å². The van der Waals surface area contributed by atoms with E-state index in [0.717, 1.165) is 44.6 Å². The number of hydrogen-bond acceptors (Lipinski definition) is 2. The summed E-state index contributed by atoms with van der Waals surface area (Å²) in [5.74, 6) is 0.687. The summed E-state index contributed by atoms with van der Waals surface area (Å²) < 4.78 is 0. The summed E-state index contributed by atoms with van der Waals surface area (Å²) in [5, 5.41) is 4.61. The SMILES string of the molecule is O=C(C1CC1c1cc(Cl)cc(Cl)c1)N1CCCNCC1. The molecule has 0 aromatic heterocycles. The summed E-state index contributed by atoms with van der Waals surface area (Å²) in [5.41, 5.74) is 1.09. The molecule has 1 N–H and O–H groups in total. The molecular formula is C15H18Cl2N2O. The van der Waals surface area contributed by atoms with Crippen molar-refractivity contribution in [3.63, 3.8) is 0 Å². The Morgan fingerprint density at radius 1 is 1.15 bits per heavy atom. The van der Waals surface area contributed by atoms with Crippen molar-refractivity contribution < 1.29 is 4.79 Å². The van der Waals surface area contributed by atoms with Gasteiger partial charge in [-0.3, -0.25) is 4.79 Å². The Morgan fingerprint density at radius 3 is 2.65 bits per heavy atom. The van der Waals surface area contributed by atoms with Gasteiger partial charge in [-0.1, -0.05) is 23.2 Å². The van der Waals surface area contributed by atoms with E-state index in [9.17, 15) is 4.79 Å². The van der Waals surface area contributed by atoms with Crippen molar-refractivity contribution in [3.8, 4) is 0 Å². The fourth-order valence-corrected chi connectivity index (χ4v) is 3.47. The predicted octanol–water partition coefficient (Wildman–Crippen LogP) is 2.92. The molecule has 1 aromatic rings. The first-order valence-corrected chi connectivity index (χ1v) is 7.86. The fourth-order valence-electron chi connectivity index (χ4n) is 2.93. The van der Waals surface area contributed by atoms with Crippen LogP contribution in [0.25, 0.3) is 0 Å². The lowest BCUT2D eigenvalue weighted by molar-refractivity contribution is -0.132. The highest BCUT2D eigenvalue weighted by Crippen LogP contribution is 2.49. The third-order valence-corrected chi connectivity index (χ3v) is 4.51. The van der Waals surface area contributed by atoms with E-state index < -0.39 is 0 Å². The maximum absolute atomic E-state index is 12.5. The fraction of sp³-hybridized carbons (Fsp3) is 0.533. The normalized spacial score (nSPS) is 26.2. The number of hydrogen-bond donors (Lipinski definition) is 1. The van der Waals surface area contributed by atoms with Gasteiger partial charge in [0.05, 0.1) is 0 Å². The van der Waals surface area contributed by atoms with E-state index in [-0.39, 0.29) is 17.7 Å². The molecule has 3 rings (SSSR count). The van der Waals surface area contributed by atoms with Crippen molar-refractivity contribution in [3.05, 3.63) is 33.8 Å². The second kappa shape index (κ2) is 5.92. The summed E-state index contributed by atoms with van der Waals surface area (Å²) in [6.45, 7) is 3.58. The number of amides is 1. The van der Waals surface area contributed by atoms with Crippen molar-refractivity contribution in [1.29, 1.82) is 0 Å². The lowest BCUT2D eigenvalue weighted by Gasteiger charge is -2.20. The second-order valence-corrected chi connectivity index (χ2v) is 6.45. The molecule has 2 aliphatic rings. The maximum atomic E-state index is 12.5. The molecule has 1 saturated heterocycles. The summed E-state index contributed by atoms with van der Waals surface area (Å²) in [4.78, 5) is 14.5. The molecule has 1 aliphatic heterocycles. The summed E-state index contributed by atoms with van der Waals surface area (Å²) >= 11 is 12.1. The Balaban J connectivity index is 1.67. The highest BCUT2D eigenvalue weighted by atomic mass is 35.5. The van der Waals surface area contributed by atoms with Gasteiger partial charge in [-0.15, -0.1) is 0 Å². The summed E-state index contributed by atoms with van der Waals surface area (Å²) in [6.07, 6.45) is 1.95. The van der Waals surface area contributed by atoms with E-state index in [4.69, 9.17) is 23.2 Å². The van der Waals surface area contributed by atoms with Crippen LogP contribution >= 0.6 is 23.2 Å². The van der Waals surface area contributed by atoms with E-state index in [1.807, 2.05) is 17.0 Å². The van der Waals surface area contributed by atoms with Crippen molar-refractivity contribution in [2.45, 2.75) is 18.8 Å². The molecule has 0 spiro atoms. The molecule has 1 heterocycles. The van der Waals surface area contributed by atoms with E-state index in [0.29, 0.717) is 10.0 Å². The average molecular weight is 313 g/mol. The lowest BCUT2D eigenvalue weighted by Crippen LogP contribution is -2.35. The van der Waals surface area contributed by atoms with Crippen LogP contribution in [0.1, 0.15) is 24.3 Å². The van der Waals surface area contributed by atoms with Crippen molar-refractivity contribution in [1.82, 2.24) is 10.2 Å². The third-order valence-electron chi connectivity index (χ3n) is 4.07. The minimum absolute atomic E-state index is 0.114. The first-order valence-electron chi connectivity index (χ1n) is 7.10. The number of rotatable bonds is 2. The highest BCUT2D eigenvalue weighted by molar-refractivity contribution is 6.34. The number of nitrogens with zero attached hydrogens (tertiary/aromatic N) is 1. The smallest absolute Gasteiger partial charge is 0.226 e. The first-order chi connectivity index (χ1) is 9.65. The molecular weight excluding hydrogens is 295 g/mol. The molecule has 3 nitrogen and oxygen atoms in total. The van der Waals surface area contributed by atoms with E-state index in [1.54, 1.807) is 6.07 Å². The van der Waals surface area contributed by atoms with Crippen molar-refractivity contribution in [2.75, 3.05) is 26.2 Å². The van der Waals surface area contributed by atoms with Gasteiger partial charge in [0, 0.05) is 35.6 Å². The number of nitrogens with one attached hydrogen (secondary N) is 1. The van der Waals surface area contributed by atoms with Gasteiger partial charge in [0.2, 0.25) is 5.91 Å². The van der Waals surface area contributed by atoms with Crippen LogP contribution in [-0.4, -0.2) is 37.0 Å². The molecule has 1 amide bonds. The van der Waals surface area contributed by atoms with Gasteiger partial charge < -0.3 is 10.2 Å². The Kier molecular flexibility index (Phi) is 4.20. The van der Waals surface area contributed by atoms with E-state index >= 15 is 0 Å². The first kappa shape index (κ1) is 14.2. The van der Waals surface area contributed by atoms with Gasteiger partial charge in [-0.25, -0.2) is 0 Å². The topological polar surface area (TPSA) is 32.3 Å². The van der Waals surface area contributed by atoms with Gasteiger partial charge in [-0.05, 0) is 49.1 Å². The molecule has 5 heteroatoms. The standard InChI is InChI=1S/C15H18Cl2N2O/c16-11-6-10(7-12(17)8-11)13-9-14(13)15(20)19-4-1-2-18-3-5-19/h6-8,13-14,18H,1-5,9H2. The Labute approximate surface area is 129 Å². The van der Waals surface area contributed by atoms with Crippen LogP contribution in [0.5, 0.6) is 0 Å². The number of carbonyl (C=O) groups is 1. The van der Waals surface area contributed by atoms with Gasteiger partial charge in [-0.2, -0.15) is 0 Å². The van der Waals surface area contributed by atoms with Crippen LogP contribution in [0.2, 0.25) is 10.0 Å². The largest absolute Gasteiger partial charge is 0.341 e. The summed E-state index contributed by atoms with van der Waals surface area (Å²) in [6, 6.07) is 5.58. The molecule has 2 atom stereocenters. The predicted molar refractivity (Wildman–Crippen MR) is 81.4 cm³/mol. The van der Waals surface area contributed by atoms with Crippen molar-refractivity contribution >= 4 is 29.1 Å². The number of halogens is 2. The maximum Gasteiger partial charge on any atom is 0.226 e. The van der Waals surface area contributed by atoms with Crippen LogP contribution in [-0.2, 0) is 4.79 Å². The zero-order valence-corrected chi connectivity index (χ0v) is 12.8. The van der Waals surface area contributed by atoms with Gasteiger partial charge >= 0.3 is 0 Å². The zero-order chi connectivity index (χ0) is 14.1. The quantitative estimate of drug-likeness (QED) is 0.910. The van der Waals surface area contributed by atoms with Gasteiger partial charge in [0.25, 0.3) is 0 Å². The van der Waals surface area contributed by atoms with E-state index in [2.05, 4.69) is 5.32 Å². The lowest BCUT2D eigenvalue weighted by atomic mass is 10.1. The van der Waals surface area contributed by atoms with Crippen LogP contribution in [0, 0.1) is 5.92 Å². The van der Waals surface area contributed by atoms with Gasteiger partial charge in [0.15, 0.2) is 0 Å². The molecule has 108 valence electrons. The molecule has 1 aliphatic carbocycles. The summed E-state index contributed by atoms with van der Waals surface area (Å²) in [7, 11) is 0.